The van der Waals surface area contributed by atoms with Crippen molar-refractivity contribution >= 4 is 11.8 Å². The molecule has 1 aromatic carbocycles. The number of amides is 2. The van der Waals surface area contributed by atoms with Crippen LogP contribution in [0.25, 0.3) is 0 Å². The van der Waals surface area contributed by atoms with Crippen molar-refractivity contribution in [3.63, 3.8) is 0 Å². The Morgan fingerprint density at radius 3 is 2.22 bits per heavy atom. The number of hydrogen-bond donors (Lipinski definition) is 2. The van der Waals surface area contributed by atoms with Crippen molar-refractivity contribution in [2.75, 3.05) is 7.11 Å². The highest BCUT2D eigenvalue weighted by Crippen LogP contribution is 2.61. The zero-order chi connectivity index (χ0) is 19.0. The molecule has 0 aromatic heterocycles. The van der Waals surface area contributed by atoms with Gasteiger partial charge in [0.05, 0.1) is 13.5 Å². The quantitative estimate of drug-likeness (QED) is 0.778. The molecule has 4 aliphatic carbocycles. The highest BCUT2D eigenvalue weighted by molar-refractivity contribution is 5.83. The van der Waals surface area contributed by atoms with Crippen LogP contribution < -0.4 is 15.6 Å². The number of ether oxygens (including phenoxy) is 1. The molecule has 5 rings (SSSR count). The van der Waals surface area contributed by atoms with Gasteiger partial charge >= 0.3 is 0 Å². The number of hydrazine groups is 1. The fourth-order valence-electron chi connectivity index (χ4n) is 6.08. The van der Waals surface area contributed by atoms with Crippen LogP contribution in [0.2, 0.25) is 0 Å². The summed E-state index contributed by atoms with van der Waals surface area (Å²) in [5, 5.41) is 0. The van der Waals surface area contributed by atoms with Crippen molar-refractivity contribution in [1.82, 2.24) is 10.9 Å². The molecular formula is C21H27FN2O3. The van der Waals surface area contributed by atoms with Crippen LogP contribution in [0.15, 0.2) is 18.2 Å². The normalized spacial score (nSPS) is 30.8. The third-order valence-corrected chi connectivity index (χ3v) is 6.62. The second-order valence-corrected chi connectivity index (χ2v) is 8.84. The van der Waals surface area contributed by atoms with E-state index in [4.69, 9.17) is 4.74 Å². The molecule has 2 N–H and O–H groups in total. The van der Waals surface area contributed by atoms with Crippen molar-refractivity contribution in [1.29, 1.82) is 0 Å². The summed E-state index contributed by atoms with van der Waals surface area (Å²) < 4.78 is 18.6. The van der Waals surface area contributed by atoms with Gasteiger partial charge < -0.3 is 4.74 Å². The predicted octanol–water partition coefficient (Wildman–Crippen LogP) is 3.13. The Kier molecular flexibility index (Phi) is 4.82. The van der Waals surface area contributed by atoms with Crippen LogP contribution in [0.1, 0.15) is 50.5 Å². The van der Waals surface area contributed by atoms with Crippen molar-refractivity contribution in [3.8, 4) is 5.75 Å². The number of halogens is 1. The van der Waals surface area contributed by atoms with Gasteiger partial charge in [0.25, 0.3) is 0 Å². The van der Waals surface area contributed by atoms with Gasteiger partial charge in [0.1, 0.15) is 0 Å². The molecule has 0 heterocycles. The molecule has 0 saturated heterocycles. The highest BCUT2D eigenvalue weighted by Gasteiger charge is 2.51. The predicted molar refractivity (Wildman–Crippen MR) is 98.2 cm³/mol. The first-order valence-corrected chi connectivity index (χ1v) is 9.85. The Labute approximate surface area is 159 Å². The Morgan fingerprint density at radius 2 is 1.67 bits per heavy atom. The molecule has 4 saturated carbocycles. The van der Waals surface area contributed by atoms with E-state index in [1.807, 2.05) is 0 Å². The third kappa shape index (κ3) is 3.94. The molecule has 27 heavy (non-hydrogen) atoms. The number of carbonyl (C=O) groups is 2. The number of nitrogens with one attached hydrogen (secondary N) is 2. The summed E-state index contributed by atoms with van der Waals surface area (Å²) in [5.41, 5.74) is 5.70. The minimum atomic E-state index is -0.506. The Bertz CT molecular complexity index is 714. The molecule has 4 bridgehead atoms. The SMILES string of the molecule is COc1ccc(CC(=O)NNC(=O)CC23CC4CC(CC(C4)C2)C3)cc1F. The number of methoxy groups -OCH3 is 1. The lowest BCUT2D eigenvalue weighted by atomic mass is 9.49. The lowest BCUT2D eigenvalue weighted by Gasteiger charge is -2.56. The first-order chi connectivity index (χ1) is 12.9. The van der Waals surface area contributed by atoms with E-state index < -0.39 is 5.82 Å². The molecule has 0 spiro atoms. The van der Waals surface area contributed by atoms with Gasteiger partial charge in [-0.05, 0) is 79.4 Å². The van der Waals surface area contributed by atoms with E-state index in [1.165, 1.54) is 38.5 Å². The molecule has 0 aliphatic heterocycles. The van der Waals surface area contributed by atoms with Crippen LogP contribution >= 0.6 is 0 Å². The van der Waals surface area contributed by atoms with Crippen LogP contribution in [0.3, 0.4) is 0 Å². The maximum Gasteiger partial charge on any atom is 0.242 e. The summed E-state index contributed by atoms with van der Waals surface area (Å²) in [5.74, 6) is 1.54. The molecule has 146 valence electrons. The van der Waals surface area contributed by atoms with E-state index in [9.17, 15) is 14.0 Å². The second-order valence-electron chi connectivity index (χ2n) is 8.84. The van der Waals surface area contributed by atoms with Crippen LogP contribution in [-0.4, -0.2) is 18.9 Å². The summed E-state index contributed by atoms with van der Waals surface area (Å²) in [4.78, 5) is 24.5. The van der Waals surface area contributed by atoms with Gasteiger partial charge in [-0.15, -0.1) is 0 Å². The van der Waals surface area contributed by atoms with Gasteiger partial charge in [-0.1, -0.05) is 6.07 Å². The molecule has 5 nitrogen and oxygen atoms in total. The van der Waals surface area contributed by atoms with Gasteiger partial charge in [0.15, 0.2) is 11.6 Å². The van der Waals surface area contributed by atoms with Gasteiger partial charge in [0.2, 0.25) is 11.8 Å². The lowest BCUT2D eigenvalue weighted by molar-refractivity contribution is -0.134. The maximum atomic E-state index is 13.7. The van der Waals surface area contributed by atoms with Crippen LogP contribution in [0.5, 0.6) is 5.75 Å². The average molecular weight is 374 g/mol. The van der Waals surface area contributed by atoms with Gasteiger partial charge in [0, 0.05) is 6.42 Å². The number of carbonyl (C=O) groups excluding carboxylic acids is 2. The van der Waals surface area contributed by atoms with Crippen LogP contribution in [0, 0.1) is 29.0 Å². The molecule has 0 radical (unpaired) electrons. The average Bonchev–Trinajstić information content (AvgIpc) is 2.58. The zero-order valence-corrected chi connectivity index (χ0v) is 15.7. The lowest BCUT2D eigenvalue weighted by Crippen LogP contribution is -2.50. The van der Waals surface area contributed by atoms with Gasteiger partial charge in [-0.2, -0.15) is 0 Å². The molecule has 6 heteroatoms. The third-order valence-electron chi connectivity index (χ3n) is 6.62. The maximum absolute atomic E-state index is 13.7. The summed E-state index contributed by atoms with van der Waals surface area (Å²) in [6, 6.07) is 4.40. The molecular weight excluding hydrogens is 347 g/mol. The first kappa shape index (κ1) is 18.3. The smallest absolute Gasteiger partial charge is 0.242 e. The molecule has 0 unspecified atom stereocenters. The van der Waals surface area contributed by atoms with Crippen LogP contribution in [0.4, 0.5) is 4.39 Å². The van der Waals surface area contributed by atoms with E-state index in [2.05, 4.69) is 10.9 Å². The summed E-state index contributed by atoms with van der Waals surface area (Å²) in [7, 11) is 1.39. The summed E-state index contributed by atoms with van der Waals surface area (Å²) >= 11 is 0. The topological polar surface area (TPSA) is 67.4 Å². The number of hydrogen-bond acceptors (Lipinski definition) is 3. The van der Waals surface area contributed by atoms with E-state index in [-0.39, 0.29) is 29.4 Å². The number of benzene rings is 1. The standard InChI is InChI=1S/C21H27FN2O3/c1-27-18-3-2-13(7-17(18)22)8-19(25)23-24-20(26)12-21-9-14-4-15(10-21)6-16(5-14)11-21/h2-3,7,14-16H,4-6,8-12H2,1H3,(H,23,25)(H,24,26). The van der Waals surface area contributed by atoms with Crippen molar-refractivity contribution in [2.45, 2.75) is 51.4 Å². The molecule has 4 fully saturated rings. The monoisotopic (exact) mass is 374 g/mol. The molecule has 1 aromatic rings. The van der Waals surface area contributed by atoms with Crippen molar-refractivity contribution < 1.29 is 18.7 Å². The molecule has 4 aliphatic rings. The number of rotatable bonds is 5. The van der Waals surface area contributed by atoms with Gasteiger partial charge in [-0.25, -0.2) is 4.39 Å². The van der Waals surface area contributed by atoms with E-state index >= 15 is 0 Å². The zero-order valence-electron chi connectivity index (χ0n) is 15.7. The summed E-state index contributed by atoms with van der Waals surface area (Å²) in [6.45, 7) is 0. The van der Waals surface area contributed by atoms with Gasteiger partial charge in [-0.3, -0.25) is 20.4 Å². The highest BCUT2D eigenvalue weighted by atomic mass is 19.1. The first-order valence-electron chi connectivity index (χ1n) is 9.85. The van der Waals surface area contributed by atoms with E-state index in [0.717, 1.165) is 37.0 Å². The van der Waals surface area contributed by atoms with Crippen molar-refractivity contribution in [3.05, 3.63) is 29.6 Å². The van der Waals surface area contributed by atoms with Crippen molar-refractivity contribution in [2.24, 2.45) is 23.2 Å². The minimum absolute atomic E-state index is 0.00143. The molecule has 2 amide bonds. The Morgan fingerprint density at radius 1 is 1.07 bits per heavy atom. The van der Waals surface area contributed by atoms with E-state index in [0.29, 0.717) is 12.0 Å². The second kappa shape index (κ2) is 7.13. The molecule has 0 atom stereocenters. The largest absolute Gasteiger partial charge is 0.494 e. The minimum Gasteiger partial charge on any atom is -0.494 e. The fourth-order valence-corrected chi connectivity index (χ4v) is 6.08. The summed E-state index contributed by atoms with van der Waals surface area (Å²) in [6.07, 6.45) is 8.00. The van der Waals surface area contributed by atoms with Crippen LogP contribution in [-0.2, 0) is 16.0 Å². The van der Waals surface area contributed by atoms with E-state index in [1.54, 1.807) is 6.07 Å². The Hall–Kier alpha value is -2.11. The Balaban J connectivity index is 1.27. The fraction of sp³-hybridized carbons (Fsp3) is 0.619.